The molecule has 0 radical (unpaired) electrons. The van der Waals surface area contributed by atoms with Crippen molar-refractivity contribution in [2.75, 3.05) is 4.90 Å². The van der Waals surface area contributed by atoms with Gasteiger partial charge in [-0.1, -0.05) is 23.9 Å². The molecule has 0 unspecified atom stereocenters. The van der Waals surface area contributed by atoms with Crippen molar-refractivity contribution in [3.05, 3.63) is 143 Å². The fourth-order valence-corrected chi connectivity index (χ4v) is 6.24. The first-order valence-electron chi connectivity index (χ1n) is 13.1. The number of pyridine rings is 1. The number of non-ortho nitro benzene ring substituents is 1. The molecule has 3 aromatic carbocycles. The third kappa shape index (κ3) is 5.84. The van der Waals surface area contributed by atoms with E-state index in [2.05, 4.69) is 10.3 Å². The summed E-state index contributed by atoms with van der Waals surface area (Å²) in [6.07, 6.45) is -1.05. The molecule has 1 fully saturated rings. The number of nitro groups is 1. The lowest BCUT2D eigenvalue weighted by Gasteiger charge is -2.29. The zero-order chi connectivity index (χ0) is 30.1. The standard InChI is InChI=1S/C31H22F3N5O2S2/c32-31(33,34)20-5-3-6-23(19-20)37-18-4-8-27(37)29-28(26-7-1-2-17-35-26)36-30(42)38(29)21-9-13-24(14-10-21)43-25-15-11-22(12-16-25)39(40)41/h1-19,28-29H,(H,36,42)/t28-,29+/m0/s1. The number of nitrogens with zero attached hydrogens (tertiary/aromatic N) is 4. The lowest BCUT2D eigenvalue weighted by atomic mass is 10.0. The molecule has 1 N–H and O–H groups in total. The largest absolute Gasteiger partial charge is 0.416 e. The number of nitrogens with one attached hydrogen (secondary N) is 1. The molecule has 0 amide bonds. The lowest BCUT2D eigenvalue weighted by Crippen LogP contribution is -2.30. The third-order valence-corrected chi connectivity index (χ3v) is 8.36. The highest BCUT2D eigenvalue weighted by Crippen LogP contribution is 2.43. The quantitative estimate of drug-likeness (QED) is 0.112. The Hall–Kier alpha value is -4.68. The summed E-state index contributed by atoms with van der Waals surface area (Å²) in [4.78, 5) is 18.8. The summed E-state index contributed by atoms with van der Waals surface area (Å²) in [5.74, 6) is 0. The first kappa shape index (κ1) is 28.4. The maximum Gasteiger partial charge on any atom is 0.416 e. The van der Waals surface area contributed by atoms with Crippen LogP contribution in [0.3, 0.4) is 0 Å². The van der Waals surface area contributed by atoms with Crippen molar-refractivity contribution in [1.82, 2.24) is 14.9 Å². The summed E-state index contributed by atoms with van der Waals surface area (Å²) < 4.78 is 42.4. The van der Waals surface area contributed by atoms with Crippen molar-refractivity contribution in [3.63, 3.8) is 0 Å². The van der Waals surface area contributed by atoms with Crippen LogP contribution >= 0.6 is 24.0 Å². The Bertz CT molecular complexity index is 1780. The van der Waals surface area contributed by atoms with Crippen LogP contribution in [-0.4, -0.2) is 19.6 Å². The van der Waals surface area contributed by atoms with Crippen molar-refractivity contribution < 1.29 is 18.1 Å². The minimum absolute atomic E-state index is 0.0260. The Kier molecular flexibility index (Phi) is 7.63. The van der Waals surface area contributed by atoms with E-state index >= 15 is 0 Å². The molecule has 2 atom stereocenters. The van der Waals surface area contributed by atoms with Gasteiger partial charge in [-0.3, -0.25) is 15.1 Å². The maximum absolute atomic E-state index is 13.6. The number of hydrogen-bond acceptors (Lipinski definition) is 5. The number of thiocarbonyl (C=S) groups is 1. The first-order valence-corrected chi connectivity index (χ1v) is 14.3. The fourth-order valence-electron chi connectivity index (χ4n) is 5.08. The van der Waals surface area contributed by atoms with Gasteiger partial charge in [-0.15, -0.1) is 0 Å². The monoisotopic (exact) mass is 617 g/mol. The van der Waals surface area contributed by atoms with E-state index in [9.17, 15) is 23.3 Å². The molecule has 5 aromatic rings. The van der Waals surface area contributed by atoms with Crippen LogP contribution in [0.25, 0.3) is 5.69 Å². The van der Waals surface area contributed by atoms with Gasteiger partial charge in [-0.05, 0) is 91.1 Å². The van der Waals surface area contributed by atoms with Gasteiger partial charge in [0, 0.05) is 51.4 Å². The smallest absolute Gasteiger partial charge is 0.351 e. The number of anilines is 1. The van der Waals surface area contributed by atoms with Crippen LogP contribution in [0.4, 0.5) is 24.5 Å². The molecule has 43 heavy (non-hydrogen) atoms. The average Bonchev–Trinajstić information content (AvgIpc) is 3.62. The molecule has 0 aliphatic carbocycles. The van der Waals surface area contributed by atoms with Gasteiger partial charge >= 0.3 is 6.18 Å². The van der Waals surface area contributed by atoms with Gasteiger partial charge in [0.2, 0.25) is 0 Å². The van der Waals surface area contributed by atoms with Crippen molar-refractivity contribution in [1.29, 1.82) is 0 Å². The van der Waals surface area contributed by atoms with E-state index in [1.54, 1.807) is 41.2 Å². The molecule has 6 rings (SSSR count). The molecule has 3 heterocycles. The molecule has 1 saturated heterocycles. The zero-order valence-electron chi connectivity index (χ0n) is 22.2. The normalized spacial score (nSPS) is 16.7. The molecule has 1 aliphatic rings. The summed E-state index contributed by atoms with van der Waals surface area (Å²) in [5.41, 5.74) is 1.92. The number of hydrogen-bond donors (Lipinski definition) is 1. The van der Waals surface area contributed by atoms with Crippen LogP contribution in [0.1, 0.15) is 29.0 Å². The number of aromatic nitrogens is 2. The van der Waals surface area contributed by atoms with E-state index < -0.39 is 22.7 Å². The van der Waals surface area contributed by atoms with Crippen LogP contribution < -0.4 is 10.2 Å². The summed E-state index contributed by atoms with van der Waals surface area (Å²) in [7, 11) is 0. The minimum atomic E-state index is -4.48. The second kappa shape index (κ2) is 11.5. The molecule has 12 heteroatoms. The maximum atomic E-state index is 13.6. The lowest BCUT2D eigenvalue weighted by molar-refractivity contribution is -0.384. The van der Waals surface area contributed by atoms with Crippen LogP contribution in [0.2, 0.25) is 0 Å². The first-order chi connectivity index (χ1) is 20.7. The van der Waals surface area contributed by atoms with Crippen LogP contribution in [0.15, 0.2) is 125 Å². The Balaban J connectivity index is 1.37. The highest BCUT2D eigenvalue weighted by atomic mass is 32.2. The number of rotatable bonds is 7. The third-order valence-electron chi connectivity index (χ3n) is 7.03. The minimum Gasteiger partial charge on any atom is -0.351 e. The van der Waals surface area contributed by atoms with E-state index in [0.717, 1.165) is 39.0 Å². The van der Waals surface area contributed by atoms with E-state index in [1.165, 1.54) is 30.0 Å². The Morgan fingerprint density at radius 2 is 1.60 bits per heavy atom. The molecule has 1 aliphatic heterocycles. The molecular weight excluding hydrogens is 596 g/mol. The molecular formula is C31H22F3N5O2S2. The number of alkyl halides is 3. The summed E-state index contributed by atoms with van der Waals surface area (Å²) in [6.45, 7) is 0. The van der Waals surface area contributed by atoms with Gasteiger partial charge < -0.3 is 14.8 Å². The van der Waals surface area contributed by atoms with Crippen LogP contribution in [0.5, 0.6) is 0 Å². The van der Waals surface area contributed by atoms with Crippen molar-refractivity contribution in [3.8, 4) is 5.69 Å². The summed E-state index contributed by atoms with van der Waals surface area (Å²) in [6, 6.07) is 27.7. The zero-order valence-corrected chi connectivity index (χ0v) is 23.8. The van der Waals surface area contributed by atoms with Gasteiger partial charge in [0.25, 0.3) is 5.69 Å². The SMILES string of the molecule is O=[N+]([O-])c1ccc(Sc2ccc(N3C(=S)N[C@@H](c4ccccn4)[C@H]3c3cccn3-c3cccc(C(F)(F)F)c3)cc2)cc1. The summed E-state index contributed by atoms with van der Waals surface area (Å²) in [5, 5.41) is 14.8. The van der Waals surface area contributed by atoms with Gasteiger partial charge in [-0.25, -0.2) is 0 Å². The Morgan fingerprint density at radius 3 is 2.26 bits per heavy atom. The molecule has 216 valence electrons. The number of halogens is 3. The predicted octanol–water partition coefficient (Wildman–Crippen LogP) is 8.13. The van der Waals surface area contributed by atoms with Gasteiger partial charge in [0.1, 0.15) is 6.04 Å². The second-order valence-corrected chi connectivity index (χ2v) is 11.2. The van der Waals surface area contributed by atoms with Gasteiger partial charge in [0.15, 0.2) is 5.11 Å². The van der Waals surface area contributed by atoms with E-state index in [4.69, 9.17) is 12.2 Å². The topological polar surface area (TPSA) is 76.2 Å². The van der Waals surface area contributed by atoms with Crippen LogP contribution in [-0.2, 0) is 6.18 Å². The Labute approximate surface area is 254 Å². The van der Waals surface area contributed by atoms with E-state index in [1.807, 2.05) is 53.4 Å². The molecule has 0 saturated carbocycles. The van der Waals surface area contributed by atoms with Gasteiger partial charge in [0.05, 0.1) is 22.2 Å². The van der Waals surface area contributed by atoms with E-state index in [0.29, 0.717) is 10.8 Å². The fraction of sp³-hybridized carbons (Fsp3) is 0.0968. The number of benzene rings is 3. The highest BCUT2D eigenvalue weighted by Gasteiger charge is 2.42. The molecule has 0 spiro atoms. The van der Waals surface area contributed by atoms with Crippen molar-refractivity contribution >= 4 is 40.5 Å². The second-order valence-electron chi connectivity index (χ2n) is 9.69. The molecule has 0 bridgehead atoms. The molecule has 2 aromatic heterocycles. The Morgan fingerprint density at radius 1 is 0.884 bits per heavy atom. The number of nitro benzene ring substituents is 1. The predicted molar refractivity (Wildman–Crippen MR) is 162 cm³/mol. The molecule has 7 nitrogen and oxygen atoms in total. The highest BCUT2D eigenvalue weighted by molar-refractivity contribution is 7.99. The summed E-state index contributed by atoms with van der Waals surface area (Å²) >= 11 is 7.28. The van der Waals surface area contributed by atoms with Crippen molar-refractivity contribution in [2.24, 2.45) is 0 Å². The average molecular weight is 618 g/mol. The van der Waals surface area contributed by atoms with E-state index in [-0.39, 0.29) is 11.7 Å². The van der Waals surface area contributed by atoms with Gasteiger partial charge in [-0.2, -0.15) is 13.2 Å². The van der Waals surface area contributed by atoms with Crippen LogP contribution in [0, 0.1) is 10.1 Å². The van der Waals surface area contributed by atoms with Crippen molar-refractivity contribution in [2.45, 2.75) is 28.1 Å².